The molecule has 3 N–H and O–H groups in total. The van der Waals surface area contributed by atoms with Crippen LogP contribution in [0.4, 0.5) is 0 Å². The molecule has 7 nitrogen and oxygen atoms in total. The number of hydrogen-bond acceptors (Lipinski definition) is 4. The highest BCUT2D eigenvalue weighted by molar-refractivity contribution is 6.02. The fourth-order valence-corrected chi connectivity index (χ4v) is 4.19. The number of furan rings is 1. The minimum absolute atomic E-state index is 0.379. The minimum atomic E-state index is -0.506. The van der Waals surface area contributed by atoms with Crippen molar-refractivity contribution < 1.29 is 9.21 Å². The summed E-state index contributed by atoms with van der Waals surface area (Å²) in [5.41, 5.74) is 8.00. The minimum Gasteiger partial charge on any atom is -0.453 e. The molecule has 4 aromatic heterocycles. The number of hydrogen-bond donors (Lipinski definition) is 2. The number of primary amides is 1. The van der Waals surface area contributed by atoms with Crippen LogP contribution in [0.25, 0.3) is 39.7 Å². The van der Waals surface area contributed by atoms with Crippen LogP contribution in [-0.2, 0) is 4.79 Å². The van der Waals surface area contributed by atoms with Gasteiger partial charge in [-0.05, 0) is 37.1 Å². The smallest absolute Gasteiger partial charge is 0.241 e. The summed E-state index contributed by atoms with van der Waals surface area (Å²) in [5.74, 6) is 1.54. The topological polar surface area (TPSA) is 103 Å². The predicted molar refractivity (Wildman–Crippen MR) is 107 cm³/mol. The van der Waals surface area contributed by atoms with Crippen molar-refractivity contribution in [1.29, 1.82) is 0 Å². The van der Waals surface area contributed by atoms with Gasteiger partial charge in [0.15, 0.2) is 11.6 Å². The van der Waals surface area contributed by atoms with Crippen molar-refractivity contribution in [1.82, 2.24) is 19.5 Å². The van der Waals surface area contributed by atoms with Gasteiger partial charge in [-0.2, -0.15) is 0 Å². The van der Waals surface area contributed by atoms with Gasteiger partial charge in [-0.1, -0.05) is 19.3 Å². The number of fused-ring (bicyclic) bond motifs is 3. The summed E-state index contributed by atoms with van der Waals surface area (Å²) in [6.07, 6.45) is 12.6. The predicted octanol–water partition coefficient (Wildman–Crippen LogP) is 4.18. The fraction of sp³-hybridized carbons (Fsp3) is 0.286. The SMILES string of the molecule is NC(=O)/C=C/c1ccc(-c2nc3cnc4[nH]ccc4c3n2C2CCCCC2)o1. The summed E-state index contributed by atoms with van der Waals surface area (Å²) in [6, 6.07) is 6.15. The molecule has 0 aromatic carbocycles. The first-order chi connectivity index (χ1) is 13.7. The second kappa shape index (κ2) is 6.67. The molecule has 1 amide bonds. The van der Waals surface area contributed by atoms with E-state index in [-0.39, 0.29) is 0 Å². The van der Waals surface area contributed by atoms with Gasteiger partial charge < -0.3 is 19.7 Å². The highest BCUT2D eigenvalue weighted by Gasteiger charge is 2.25. The number of nitrogens with zero attached hydrogens (tertiary/aromatic N) is 3. The van der Waals surface area contributed by atoms with Crippen LogP contribution < -0.4 is 5.73 Å². The Kier molecular flexibility index (Phi) is 4.00. The number of rotatable bonds is 4. The molecule has 5 rings (SSSR count). The number of nitrogens with one attached hydrogen (secondary N) is 1. The number of carbonyl (C=O) groups excluding carboxylic acids is 1. The molecule has 4 aromatic rings. The van der Waals surface area contributed by atoms with Crippen molar-refractivity contribution in [3.05, 3.63) is 42.4 Å². The molecule has 28 heavy (non-hydrogen) atoms. The van der Waals surface area contributed by atoms with Crippen molar-refractivity contribution >= 4 is 34.1 Å². The molecule has 0 saturated heterocycles. The Morgan fingerprint density at radius 3 is 2.93 bits per heavy atom. The number of amides is 1. The van der Waals surface area contributed by atoms with Crippen molar-refractivity contribution in [2.75, 3.05) is 0 Å². The van der Waals surface area contributed by atoms with Crippen molar-refractivity contribution in [2.45, 2.75) is 38.1 Å². The van der Waals surface area contributed by atoms with Gasteiger partial charge in [0.05, 0.1) is 11.7 Å². The Morgan fingerprint density at radius 1 is 1.25 bits per heavy atom. The van der Waals surface area contributed by atoms with E-state index in [9.17, 15) is 4.79 Å². The monoisotopic (exact) mass is 375 g/mol. The summed E-state index contributed by atoms with van der Waals surface area (Å²) in [4.78, 5) is 23.6. The van der Waals surface area contributed by atoms with Gasteiger partial charge in [-0.3, -0.25) is 4.79 Å². The van der Waals surface area contributed by atoms with Gasteiger partial charge in [-0.25, -0.2) is 9.97 Å². The molecular formula is C21H21N5O2. The van der Waals surface area contributed by atoms with Gasteiger partial charge in [0.1, 0.15) is 16.9 Å². The Hall–Kier alpha value is -3.35. The van der Waals surface area contributed by atoms with E-state index >= 15 is 0 Å². The first kappa shape index (κ1) is 16.8. The molecule has 1 aliphatic rings. The summed E-state index contributed by atoms with van der Waals surface area (Å²) in [6.45, 7) is 0. The van der Waals surface area contributed by atoms with E-state index in [2.05, 4.69) is 20.6 Å². The van der Waals surface area contributed by atoms with Crippen LogP contribution in [0.15, 0.2) is 41.1 Å². The molecule has 142 valence electrons. The van der Waals surface area contributed by atoms with E-state index in [1.54, 1.807) is 6.08 Å². The third-order valence-electron chi connectivity index (χ3n) is 5.43. The molecule has 1 saturated carbocycles. The summed E-state index contributed by atoms with van der Waals surface area (Å²) >= 11 is 0. The highest BCUT2D eigenvalue weighted by Crippen LogP contribution is 2.38. The average molecular weight is 375 g/mol. The van der Waals surface area contributed by atoms with Crippen molar-refractivity contribution in [3.63, 3.8) is 0 Å². The lowest BCUT2D eigenvalue weighted by Gasteiger charge is -2.25. The standard InChI is InChI=1S/C21H21N5O2/c22-18(27)9-7-14-6-8-17(28-14)21-25-16-12-24-20-15(10-11-23-20)19(16)26(21)13-4-2-1-3-5-13/h6-13H,1-5H2,(H2,22,27)(H,23,24)/b9-7+. The third-order valence-corrected chi connectivity index (χ3v) is 5.43. The highest BCUT2D eigenvalue weighted by atomic mass is 16.3. The number of pyridine rings is 1. The summed E-state index contributed by atoms with van der Waals surface area (Å²) in [5, 5.41) is 1.07. The lowest BCUT2D eigenvalue weighted by molar-refractivity contribution is -0.113. The maximum Gasteiger partial charge on any atom is 0.241 e. The lowest BCUT2D eigenvalue weighted by atomic mass is 9.95. The van der Waals surface area contributed by atoms with E-state index in [1.807, 2.05) is 24.5 Å². The van der Waals surface area contributed by atoms with Gasteiger partial charge in [0.25, 0.3) is 0 Å². The van der Waals surface area contributed by atoms with Crippen LogP contribution in [0.3, 0.4) is 0 Å². The number of aromatic amines is 1. The number of nitrogens with two attached hydrogens (primary N) is 1. The van der Waals surface area contributed by atoms with Gasteiger partial charge >= 0.3 is 0 Å². The molecule has 0 unspecified atom stereocenters. The lowest BCUT2D eigenvalue weighted by Crippen LogP contribution is -2.14. The molecule has 0 bridgehead atoms. The summed E-state index contributed by atoms with van der Waals surface area (Å²) in [7, 11) is 0. The third kappa shape index (κ3) is 2.79. The zero-order chi connectivity index (χ0) is 19.1. The van der Waals surface area contributed by atoms with E-state index in [1.165, 1.54) is 25.3 Å². The van der Waals surface area contributed by atoms with E-state index in [4.69, 9.17) is 15.1 Å². The van der Waals surface area contributed by atoms with Gasteiger partial charge in [0.2, 0.25) is 5.91 Å². The van der Waals surface area contributed by atoms with Crippen LogP contribution in [0.5, 0.6) is 0 Å². The molecule has 7 heteroatoms. The normalized spacial score (nSPS) is 15.9. The van der Waals surface area contributed by atoms with Crippen LogP contribution in [-0.4, -0.2) is 25.4 Å². The largest absolute Gasteiger partial charge is 0.453 e. The second-order valence-corrected chi connectivity index (χ2v) is 7.27. The number of aromatic nitrogens is 4. The zero-order valence-corrected chi connectivity index (χ0v) is 15.4. The molecule has 1 aliphatic carbocycles. The van der Waals surface area contributed by atoms with Gasteiger partial charge in [0, 0.05) is 23.7 Å². The second-order valence-electron chi connectivity index (χ2n) is 7.27. The maximum atomic E-state index is 11.0. The fourth-order valence-electron chi connectivity index (χ4n) is 4.19. The van der Waals surface area contributed by atoms with Crippen LogP contribution in [0.2, 0.25) is 0 Å². The number of carbonyl (C=O) groups is 1. The van der Waals surface area contributed by atoms with Crippen LogP contribution in [0, 0.1) is 0 Å². The van der Waals surface area contributed by atoms with E-state index in [0.29, 0.717) is 17.6 Å². The van der Waals surface area contributed by atoms with Crippen LogP contribution in [0.1, 0.15) is 43.9 Å². The molecule has 4 heterocycles. The Balaban J connectivity index is 1.70. The Morgan fingerprint density at radius 2 is 2.11 bits per heavy atom. The summed E-state index contributed by atoms with van der Waals surface area (Å²) < 4.78 is 8.29. The molecular weight excluding hydrogens is 354 g/mol. The van der Waals surface area contributed by atoms with Crippen LogP contribution >= 0.6 is 0 Å². The van der Waals surface area contributed by atoms with E-state index < -0.39 is 5.91 Å². The number of imidazole rings is 1. The zero-order valence-electron chi connectivity index (χ0n) is 15.4. The molecule has 0 spiro atoms. The quantitative estimate of drug-likeness (QED) is 0.522. The van der Waals surface area contributed by atoms with Crippen molar-refractivity contribution in [3.8, 4) is 11.6 Å². The first-order valence-corrected chi connectivity index (χ1v) is 9.62. The Labute approximate surface area is 161 Å². The van der Waals surface area contributed by atoms with Crippen molar-refractivity contribution in [2.24, 2.45) is 5.73 Å². The first-order valence-electron chi connectivity index (χ1n) is 9.62. The molecule has 0 radical (unpaired) electrons. The Bertz CT molecular complexity index is 1190. The molecule has 1 fully saturated rings. The molecule has 0 atom stereocenters. The number of H-pyrrole nitrogens is 1. The molecule has 0 aliphatic heterocycles. The van der Waals surface area contributed by atoms with E-state index in [0.717, 1.165) is 40.7 Å². The average Bonchev–Trinajstić information content (AvgIpc) is 3.43. The van der Waals surface area contributed by atoms with Gasteiger partial charge in [-0.15, -0.1) is 0 Å². The maximum absolute atomic E-state index is 11.0.